The largest absolute Gasteiger partial charge is 0.488 e. The summed E-state index contributed by atoms with van der Waals surface area (Å²) in [6, 6.07) is 26.1. The maximum absolute atomic E-state index is 6.19. The monoisotopic (exact) mass is 456 g/mol. The summed E-state index contributed by atoms with van der Waals surface area (Å²) in [5, 5.41) is 3.26. The number of para-hydroxylation sites is 1. The average Bonchev–Trinajstić information content (AvgIpc) is 2.87. The van der Waals surface area contributed by atoms with Gasteiger partial charge < -0.3 is 24.4 Å². The highest BCUT2D eigenvalue weighted by atomic mass is 16.7. The predicted molar refractivity (Wildman–Crippen MR) is 134 cm³/mol. The Morgan fingerprint density at radius 2 is 1.68 bits per heavy atom. The van der Waals surface area contributed by atoms with Gasteiger partial charge in [-0.1, -0.05) is 36.4 Å². The molecular weight excluding hydrogens is 424 g/mol. The minimum absolute atomic E-state index is 0.120. The molecule has 3 aliphatic heterocycles. The lowest BCUT2D eigenvalue weighted by molar-refractivity contribution is -0.105. The van der Waals surface area contributed by atoms with Crippen LogP contribution in [0, 0.1) is 0 Å². The third-order valence-corrected chi connectivity index (χ3v) is 7.08. The average molecular weight is 457 g/mol. The number of fused-ring (bicyclic) bond motifs is 1. The number of hydrogen-bond acceptors (Lipinski definition) is 5. The highest BCUT2D eigenvalue weighted by Crippen LogP contribution is 2.40. The minimum atomic E-state index is -0.120. The maximum atomic E-state index is 6.19. The second-order valence-corrected chi connectivity index (χ2v) is 9.42. The van der Waals surface area contributed by atoms with Crippen molar-refractivity contribution in [3.05, 3.63) is 89.5 Å². The molecule has 0 amide bonds. The Morgan fingerprint density at radius 3 is 2.41 bits per heavy atom. The van der Waals surface area contributed by atoms with Gasteiger partial charge in [0, 0.05) is 31.7 Å². The van der Waals surface area contributed by atoms with Crippen LogP contribution in [0.25, 0.3) is 0 Å². The molecule has 5 heteroatoms. The summed E-state index contributed by atoms with van der Waals surface area (Å²) in [6.45, 7) is 3.60. The van der Waals surface area contributed by atoms with Crippen molar-refractivity contribution in [2.75, 3.05) is 31.1 Å². The predicted octanol–water partition coefficient (Wildman–Crippen LogP) is 5.09. The Labute approximate surface area is 201 Å². The fourth-order valence-electron chi connectivity index (χ4n) is 5.16. The zero-order valence-corrected chi connectivity index (χ0v) is 19.5. The van der Waals surface area contributed by atoms with Crippen LogP contribution in [-0.4, -0.2) is 38.6 Å². The first-order valence-corrected chi connectivity index (χ1v) is 12.5. The van der Waals surface area contributed by atoms with Gasteiger partial charge in [-0.3, -0.25) is 0 Å². The first-order chi connectivity index (χ1) is 16.8. The van der Waals surface area contributed by atoms with Crippen LogP contribution in [0.1, 0.15) is 42.0 Å². The van der Waals surface area contributed by atoms with Crippen molar-refractivity contribution in [1.29, 1.82) is 0 Å². The van der Waals surface area contributed by atoms with E-state index in [9.17, 15) is 0 Å². The lowest BCUT2D eigenvalue weighted by Gasteiger charge is -2.40. The van der Waals surface area contributed by atoms with Crippen LogP contribution in [0.15, 0.2) is 72.8 Å². The third-order valence-electron chi connectivity index (χ3n) is 7.08. The van der Waals surface area contributed by atoms with E-state index in [0.717, 1.165) is 57.0 Å². The number of nitrogens with zero attached hydrogens (tertiary/aromatic N) is 1. The SMILES string of the molecule is c1ccc(N2CCc3cc(OC4CCCCO4)ccc3C2c2ccc(OC3CNC3)cc2)cc1. The smallest absolute Gasteiger partial charge is 0.199 e. The molecule has 5 nitrogen and oxygen atoms in total. The number of ether oxygens (including phenoxy) is 3. The summed E-state index contributed by atoms with van der Waals surface area (Å²) >= 11 is 0. The fourth-order valence-corrected chi connectivity index (χ4v) is 5.16. The Kier molecular flexibility index (Phi) is 6.13. The van der Waals surface area contributed by atoms with Crippen molar-refractivity contribution < 1.29 is 14.2 Å². The Morgan fingerprint density at radius 1 is 0.853 bits per heavy atom. The fraction of sp³-hybridized carbons (Fsp3) is 0.379. The van der Waals surface area contributed by atoms with Gasteiger partial charge in [-0.2, -0.15) is 0 Å². The molecule has 176 valence electrons. The maximum Gasteiger partial charge on any atom is 0.199 e. The summed E-state index contributed by atoms with van der Waals surface area (Å²) in [5.41, 5.74) is 5.21. The molecule has 2 unspecified atom stereocenters. The molecule has 0 aromatic heterocycles. The van der Waals surface area contributed by atoms with E-state index in [-0.39, 0.29) is 18.4 Å². The van der Waals surface area contributed by atoms with Crippen LogP contribution in [0.5, 0.6) is 11.5 Å². The van der Waals surface area contributed by atoms with Crippen molar-refractivity contribution >= 4 is 5.69 Å². The van der Waals surface area contributed by atoms with Gasteiger partial charge in [-0.15, -0.1) is 0 Å². The Balaban J connectivity index is 1.30. The molecule has 3 heterocycles. The van der Waals surface area contributed by atoms with E-state index >= 15 is 0 Å². The lowest BCUT2D eigenvalue weighted by Crippen LogP contribution is -2.50. The molecule has 0 spiro atoms. The van der Waals surface area contributed by atoms with Crippen LogP contribution in [0.3, 0.4) is 0 Å². The van der Waals surface area contributed by atoms with E-state index in [1.807, 2.05) is 0 Å². The van der Waals surface area contributed by atoms with Crippen molar-refractivity contribution in [2.24, 2.45) is 0 Å². The molecule has 6 rings (SSSR count). The van der Waals surface area contributed by atoms with Crippen LogP contribution in [-0.2, 0) is 11.2 Å². The van der Waals surface area contributed by atoms with E-state index in [0.29, 0.717) is 0 Å². The molecule has 0 radical (unpaired) electrons. The Hall–Kier alpha value is -3.02. The molecule has 2 fully saturated rings. The highest BCUT2D eigenvalue weighted by molar-refractivity contribution is 5.57. The van der Waals surface area contributed by atoms with E-state index in [1.54, 1.807) is 0 Å². The van der Waals surface area contributed by atoms with Crippen molar-refractivity contribution in [1.82, 2.24) is 5.32 Å². The number of benzene rings is 3. The summed E-state index contributed by atoms with van der Waals surface area (Å²) in [5.74, 6) is 1.85. The first-order valence-electron chi connectivity index (χ1n) is 12.5. The van der Waals surface area contributed by atoms with Crippen molar-refractivity contribution in [3.8, 4) is 11.5 Å². The molecule has 34 heavy (non-hydrogen) atoms. The van der Waals surface area contributed by atoms with E-state index < -0.39 is 0 Å². The van der Waals surface area contributed by atoms with Crippen molar-refractivity contribution in [3.63, 3.8) is 0 Å². The number of rotatable bonds is 6. The minimum Gasteiger partial charge on any atom is -0.488 e. The molecule has 0 bridgehead atoms. The molecule has 3 aromatic rings. The van der Waals surface area contributed by atoms with Gasteiger partial charge in [0.25, 0.3) is 0 Å². The highest BCUT2D eigenvalue weighted by Gasteiger charge is 2.30. The zero-order chi connectivity index (χ0) is 22.7. The summed E-state index contributed by atoms with van der Waals surface area (Å²) in [7, 11) is 0. The summed E-state index contributed by atoms with van der Waals surface area (Å²) < 4.78 is 18.0. The van der Waals surface area contributed by atoms with Crippen molar-refractivity contribution in [2.45, 2.75) is 44.1 Å². The molecule has 3 aliphatic rings. The zero-order valence-electron chi connectivity index (χ0n) is 19.5. The molecule has 2 atom stereocenters. The normalized spacial score (nSPS) is 22.5. The molecule has 0 aliphatic carbocycles. The van der Waals surface area contributed by atoms with E-state index in [2.05, 4.69) is 83.0 Å². The number of nitrogens with one attached hydrogen (secondary N) is 1. The van der Waals surface area contributed by atoms with E-state index in [1.165, 1.54) is 28.8 Å². The van der Waals surface area contributed by atoms with Gasteiger partial charge >= 0.3 is 0 Å². The Bertz CT molecular complexity index is 1090. The summed E-state index contributed by atoms with van der Waals surface area (Å²) in [6.07, 6.45) is 4.41. The number of anilines is 1. The summed E-state index contributed by atoms with van der Waals surface area (Å²) in [4.78, 5) is 2.51. The molecule has 2 saturated heterocycles. The van der Waals surface area contributed by atoms with Gasteiger partial charge in [0.15, 0.2) is 6.29 Å². The molecule has 1 N–H and O–H groups in total. The molecular formula is C29H32N2O3. The first kappa shape index (κ1) is 21.5. The van der Waals surface area contributed by atoms with Gasteiger partial charge in [0.05, 0.1) is 12.6 Å². The van der Waals surface area contributed by atoms with Crippen LogP contribution in [0.2, 0.25) is 0 Å². The van der Waals surface area contributed by atoms with Gasteiger partial charge in [0.2, 0.25) is 0 Å². The van der Waals surface area contributed by atoms with Crippen LogP contribution >= 0.6 is 0 Å². The second kappa shape index (κ2) is 9.69. The third kappa shape index (κ3) is 4.50. The molecule has 3 aromatic carbocycles. The van der Waals surface area contributed by atoms with Gasteiger partial charge in [-0.05, 0) is 72.4 Å². The van der Waals surface area contributed by atoms with Crippen LogP contribution in [0.4, 0.5) is 5.69 Å². The van der Waals surface area contributed by atoms with Gasteiger partial charge in [0.1, 0.15) is 17.6 Å². The van der Waals surface area contributed by atoms with Crippen LogP contribution < -0.4 is 19.7 Å². The van der Waals surface area contributed by atoms with Gasteiger partial charge in [-0.25, -0.2) is 0 Å². The van der Waals surface area contributed by atoms with E-state index in [4.69, 9.17) is 14.2 Å². The molecule has 0 saturated carbocycles. The topological polar surface area (TPSA) is 43.0 Å². The second-order valence-electron chi connectivity index (χ2n) is 9.42. The lowest BCUT2D eigenvalue weighted by atomic mass is 9.87. The number of hydrogen-bond donors (Lipinski definition) is 1. The standard InChI is InChI=1S/C29H32N2O3/c1-2-6-23(7-3-1)31-16-15-22-18-25(34-28-8-4-5-17-32-28)13-14-27(22)29(31)21-9-11-24(12-10-21)33-26-19-30-20-26/h1-3,6-7,9-14,18,26,28-30H,4-5,8,15-17,19-20H2. The quantitative estimate of drug-likeness (QED) is 0.559.